The van der Waals surface area contributed by atoms with Crippen LogP contribution in [0.4, 0.5) is 5.69 Å². The van der Waals surface area contributed by atoms with Crippen molar-refractivity contribution in [1.82, 2.24) is 0 Å². The molecule has 1 fully saturated rings. The van der Waals surface area contributed by atoms with Crippen LogP contribution in [0.3, 0.4) is 0 Å². The first kappa shape index (κ1) is 27.6. The molecule has 1 amide bonds. The molecule has 3 N–H and O–H groups in total. The van der Waals surface area contributed by atoms with Gasteiger partial charge in [0.1, 0.15) is 0 Å². The molecule has 1 aliphatic rings. The second-order valence-electron chi connectivity index (χ2n) is 9.44. The van der Waals surface area contributed by atoms with E-state index in [1.54, 1.807) is 48.2 Å². The Morgan fingerprint density at radius 2 is 1.57 bits per heavy atom. The number of aliphatic hydroxyl groups excluding tert-OH is 1. The summed E-state index contributed by atoms with van der Waals surface area (Å²) < 4.78 is 12.8. The van der Waals surface area contributed by atoms with Crippen LogP contribution < -0.4 is 5.32 Å². The number of amides is 1. The summed E-state index contributed by atoms with van der Waals surface area (Å²) >= 11 is 1.59. The Balaban J connectivity index is 1.34. The Morgan fingerprint density at radius 1 is 0.825 bits per heavy atom. The molecule has 0 saturated carbocycles. The lowest BCUT2D eigenvalue weighted by Crippen LogP contribution is -2.31. The van der Waals surface area contributed by atoms with Crippen molar-refractivity contribution >= 4 is 29.3 Å². The van der Waals surface area contributed by atoms with E-state index in [2.05, 4.69) is 5.32 Å². The molecule has 0 radical (unpaired) electrons. The maximum atomic E-state index is 12.7. The third-order valence-corrected chi connectivity index (χ3v) is 7.75. The van der Waals surface area contributed by atoms with E-state index in [0.29, 0.717) is 23.4 Å². The van der Waals surface area contributed by atoms with E-state index in [4.69, 9.17) is 14.6 Å². The number of anilines is 1. The molecule has 0 spiro atoms. The zero-order valence-corrected chi connectivity index (χ0v) is 22.4. The average Bonchev–Trinajstić information content (AvgIpc) is 3.00. The van der Waals surface area contributed by atoms with E-state index in [0.717, 1.165) is 21.6 Å². The van der Waals surface area contributed by atoms with Crippen LogP contribution in [0.15, 0.2) is 108 Å². The van der Waals surface area contributed by atoms with Crippen molar-refractivity contribution < 1.29 is 29.3 Å². The summed E-state index contributed by atoms with van der Waals surface area (Å²) in [5.41, 5.74) is 4.04. The highest BCUT2D eigenvalue weighted by atomic mass is 32.2. The topological polar surface area (TPSA) is 105 Å². The van der Waals surface area contributed by atoms with Gasteiger partial charge in [0.15, 0.2) is 6.29 Å². The molecular formula is C32H29NO6S. The van der Waals surface area contributed by atoms with Crippen molar-refractivity contribution in [2.24, 2.45) is 0 Å². The third kappa shape index (κ3) is 6.97. The predicted molar refractivity (Wildman–Crippen MR) is 153 cm³/mol. The lowest BCUT2D eigenvalue weighted by molar-refractivity contribution is -0.245. The van der Waals surface area contributed by atoms with Gasteiger partial charge in [-0.25, -0.2) is 4.79 Å². The molecule has 4 aromatic rings. The van der Waals surface area contributed by atoms with Gasteiger partial charge in [0, 0.05) is 33.9 Å². The van der Waals surface area contributed by atoms with Crippen LogP contribution in [-0.2, 0) is 16.1 Å². The standard InChI is InChI=1S/C32H29NO6S/c34-19-21-9-11-22(12-10-21)29-18-27(20-40-28-15-13-24(14-16-28)31(36)37)38-32(39-29)25-7-4-8-26(17-25)33-30(35)23-5-2-1-3-6-23/h1-17,27,29,32,34H,18-20H2,(H,33,35)(H,36,37)/t27-,29+,32+/m0/s1. The van der Waals surface area contributed by atoms with Gasteiger partial charge in [-0.05, 0) is 59.7 Å². The van der Waals surface area contributed by atoms with E-state index in [1.165, 1.54) is 0 Å². The molecule has 1 saturated heterocycles. The number of carboxylic acids is 1. The number of hydrogen-bond acceptors (Lipinski definition) is 6. The minimum atomic E-state index is -0.954. The van der Waals surface area contributed by atoms with Crippen LogP contribution >= 0.6 is 11.8 Å². The number of nitrogens with one attached hydrogen (secondary N) is 1. The number of aliphatic hydroxyl groups is 1. The second kappa shape index (κ2) is 12.9. The molecule has 0 aliphatic carbocycles. The molecule has 7 nitrogen and oxygen atoms in total. The fourth-order valence-corrected chi connectivity index (χ4v) is 5.38. The molecule has 5 rings (SSSR count). The van der Waals surface area contributed by atoms with Crippen LogP contribution in [0.5, 0.6) is 0 Å². The van der Waals surface area contributed by atoms with Crippen molar-refractivity contribution in [3.05, 3.63) is 131 Å². The van der Waals surface area contributed by atoms with Gasteiger partial charge in [-0.3, -0.25) is 4.79 Å². The third-order valence-electron chi connectivity index (χ3n) is 6.60. The molecule has 1 heterocycles. The van der Waals surface area contributed by atoms with E-state index in [-0.39, 0.29) is 30.3 Å². The van der Waals surface area contributed by atoms with Gasteiger partial charge in [-0.15, -0.1) is 11.8 Å². The molecule has 0 unspecified atom stereocenters. The summed E-state index contributed by atoms with van der Waals surface area (Å²) in [6.07, 6.45) is -0.438. The van der Waals surface area contributed by atoms with E-state index in [1.807, 2.05) is 66.7 Å². The fraction of sp³-hybridized carbons (Fsp3) is 0.188. The van der Waals surface area contributed by atoms with Gasteiger partial charge in [0.2, 0.25) is 0 Å². The molecule has 4 aromatic carbocycles. The highest BCUT2D eigenvalue weighted by molar-refractivity contribution is 7.99. The van der Waals surface area contributed by atoms with Crippen LogP contribution in [0.1, 0.15) is 56.2 Å². The fourth-order valence-electron chi connectivity index (χ4n) is 4.46. The van der Waals surface area contributed by atoms with Crippen LogP contribution in [0, 0.1) is 0 Å². The molecule has 0 aromatic heterocycles. The first-order chi connectivity index (χ1) is 19.5. The zero-order chi connectivity index (χ0) is 27.9. The Labute approximate surface area is 236 Å². The van der Waals surface area contributed by atoms with Crippen molar-refractivity contribution in [2.45, 2.75) is 36.4 Å². The van der Waals surface area contributed by atoms with Gasteiger partial charge >= 0.3 is 5.97 Å². The SMILES string of the molecule is O=C(O)c1ccc(SC[C@@H]2C[C@H](c3ccc(CO)cc3)O[C@H](c3cccc(NC(=O)c4ccccc4)c3)O2)cc1. The van der Waals surface area contributed by atoms with Crippen molar-refractivity contribution in [3.8, 4) is 0 Å². The Kier molecular flexibility index (Phi) is 8.93. The summed E-state index contributed by atoms with van der Waals surface area (Å²) in [5, 5.41) is 21.6. The van der Waals surface area contributed by atoms with Crippen molar-refractivity contribution in [1.29, 1.82) is 0 Å². The number of thioether (sulfide) groups is 1. The maximum absolute atomic E-state index is 12.7. The van der Waals surface area contributed by atoms with Gasteiger partial charge in [0.25, 0.3) is 5.91 Å². The number of ether oxygens (including phenoxy) is 2. The Morgan fingerprint density at radius 3 is 2.27 bits per heavy atom. The zero-order valence-electron chi connectivity index (χ0n) is 21.6. The average molecular weight is 556 g/mol. The Hall–Kier alpha value is -3.95. The number of rotatable bonds is 9. The van der Waals surface area contributed by atoms with Crippen molar-refractivity contribution in [3.63, 3.8) is 0 Å². The van der Waals surface area contributed by atoms with E-state index >= 15 is 0 Å². The van der Waals surface area contributed by atoms with E-state index < -0.39 is 12.3 Å². The first-order valence-corrected chi connectivity index (χ1v) is 13.9. The first-order valence-electron chi connectivity index (χ1n) is 12.9. The summed E-state index contributed by atoms with van der Waals surface area (Å²) in [6.45, 7) is -0.0288. The molecule has 3 atom stereocenters. The summed E-state index contributed by atoms with van der Waals surface area (Å²) in [7, 11) is 0. The Bertz CT molecular complexity index is 1440. The quantitative estimate of drug-likeness (QED) is 0.203. The number of carboxylic acid groups (broad SMARTS) is 1. The largest absolute Gasteiger partial charge is 0.478 e. The summed E-state index contributed by atoms with van der Waals surface area (Å²) in [6, 6.07) is 31.0. The monoisotopic (exact) mass is 555 g/mol. The molecular weight excluding hydrogens is 526 g/mol. The molecule has 40 heavy (non-hydrogen) atoms. The smallest absolute Gasteiger partial charge is 0.335 e. The minimum Gasteiger partial charge on any atom is -0.478 e. The van der Waals surface area contributed by atoms with Gasteiger partial charge in [-0.1, -0.05) is 54.6 Å². The second-order valence-corrected chi connectivity index (χ2v) is 10.5. The van der Waals surface area contributed by atoms with Crippen LogP contribution in [0.25, 0.3) is 0 Å². The minimum absolute atomic E-state index is 0.0288. The lowest BCUT2D eigenvalue weighted by atomic mass is 10.0. The normalized spacial score (nSPS) is 18.7. The number of carbonyl (C=O) groups excluding carboxylic acids is 1. The van der Waals surface area contributed by atoms with Crippen LogP contribution in [0.2, 0.25) is 0 Å². The number of carbonyl (C=O) groups is 2. The maximum Gasteiger partial charge on any atom is 0.335 e. The van der Waals surface area contributed by atoms with Crippen LogP contribution in [-0.4, -0.2) is 33.9 Å². The molecule has 0 bridgehead atoms. The van der Waals surface area contributed by atoms with Gasteiger partial charge in [0.05, 0.1) is 24.4 Å². The highest BCUT2D eigenvalue weighted by Gasteiger charge is 2.32. The number of aromatic carboxylic acids is 1. The summed E-state index contributed by atoms with van der Waals surface area (Å²) in [5.74, 6) is -0.514. The predicted octanol–water partition coefficient (Wildman–Crippen LogP) is 6.47. The van der Waals surface area contributed by atoms with Crippen molar-refractivity contribution in [2.75, 3.05) is 11.1 Å². The lowest BCUT2D eigenvalue weighted by Gasteiger charge is -2.36. The molecule has 1 aliphatic heterocycles. The number of benzene rings is 4. The number of hydrogen-bond donors (Lipinski definition) is 3. The van der Waals surface area contributed by atoms with E-state index in [9.17, 15) is 14.7 Å². The van der Waals surface area contributed by atoms with Gasteiger partial charge in [-0.2, -0.15) is 0 Å². The van der Waals surface area contributed by atoms with Gasteiger partial charge < -0.3 is 25.0 Å². The molecule has 8 heteroatoms. The summed E-state index contributed by atoms with van der Waals surface area (Å²) in [4.78, 5) is 24.8. The highest BCUT2D eigenvalue weighted by Crippen LogP contribution is 2.40. The molecule has 204 valence electrons.